The topological polar surface area (TPSA) is 90.2 Å². The number of H-pyrrole nitrogens is 3. The lowest BCUT2D eigenvalue weighted by Gasteiger charge is -1.92. The Morgan fingerprint density at radius 2 is 1.88 bits per heavy atom. The summed E-state index contributed by atoms with van der Waals surface area (Å²) in [5, 5.41) is 0. The van der Waals surface area contributed by atoms with Gasteiger partial charge in [-0.1, -0.05) is 0 Å². The van der Waals surface area contributed by atoms with Gasteiger partial charge in [-0.2, -0.15) is 0 Å². The third-order valence-corrected chi connectivity index (χ3v) is 2.55. The monoisotopic (exact) mass is 245 g/mol. The number of hydrogen-bond acceptors (Lipinski definition) is 4. The maximum atomic E-state index is 11.6. The maximum Gasteiger partial charge on any atom is 0.277 e. The molecule has 0 aliphatic heterocycles. The predicted octanol–water partition coefficient (Wildman–Crippen LogP) is 1.37. The largest absolute Gasteiger partial charge is 0.332 e. The van der Waals surface area contributed by atoms with Crippen molar-refractivity contribution in [2.75, 3.05) is 0 Å². The normalized spacial score (nSPS) is 10.8. The third-order valence-electron chi connectivity index (χ3n) is 2.34. The minimum absolute atomic E-state index is 0.260. The first kappa shape index (κ1) is 9.91. The number of pyridine rings is 1. The standard InChI is InChI=1S/C10H7N5OS/c16-9-6-8(14-10(17)15-9)13-7(12-6)5-1-3-11-4-2-5/h1-4H,(H3,12,13,14,15,16,17). The van der Waals surface area contributed by atoms with Crippen molar-refractivity contribution in [2.24, 2.45) is 0 Å². The molecule has 3 aromatic rings. The van der Waals surface area contributed by atoms with Gasteiger partial charge in [0.1, 0.15) is 11.3 Å². The van der Waals surface area contributed by atoms with E-state index in [2.05, 4.69) is 24.9 Å². The first-order chi connectivity index (χ1) is 8.24. The molecule has 6 nitrogen and oxygen atoms in total. The zero-order valence-corrected chi connectivity index (χ0v) is 9.34. The van der Waals surface area contributed by atoms with E-state index < -0.39 is 0 Å². The average molecular weight is 245 g/mol. The second-order valence-corrected chi connectivity index (χ2v) is 3.86. The number of nitrogens with one attached hydrogen (secondary N) is 3. The van der Waals surface area contributed by atoms with Crippen molar-refractivity contribution in [3.63, 3.8) is 0 Å². The number of hydrogen-bond donors (Lipinski definition) is 3. The van der Waals surface area contributed by atoms with Crippen LogP contribution in [0.3, 0.4) is 0 Å². The van der Waals surface area contributed by atoms with Gasteiger partial charge >= 0.3 is 0 Å². The van der Waals surface area contributed by atoms with Crippen molar-refractivity contribution >= 4 is 23.4 Å². The summed E-state index contributed by atoms with van der Waals surface area (Å²) >= 11 is 4.88. The quantitative estimate of drug-likeness (QED) is 0.565. The van der Waals surface area contributed by atoms with Crippen LogP contribution in [0.4, 0.5) is 0 Å². The van der Waals surface area contributed by atoms with Crippen LogP contribution in [-0.2, 0) is 0 Å². The number of imidazole rings is 1. The van der Waals surface area contributed by atoms with Gasteiger partial charge < -0.3 is 9.97 Å². The third kappa shape index (κ3) is 1.66. The zero-order valence-electron chi connectivity index (χ0n) is 8.52. The van der Waals surface area contributed by atoms with E-state index in [9.17, 15) is 4.79 Å². The minimum atomic E-state index is -0.281. The molecule has 0 aliphatic carbocycles. The summed E-state index contributed by atoms with van der Waals surface area (Å²) in [7, 11) is 0. The Balaban J connectivity index is 2.31. The summed E-state index contributed by atoms with van der Waals surface area (Å²) in [6.45, 7) is 0. The summed E-state index contributed by atoms with van der Waals surface area (Å²) in [4.78, 5) is 28.1. The van der Waals surface area contributed by atoms with Crippen LogP contribution in [0.1, 0.15) is 0 Å². The molecular weight excluding hydrogens is 238 g/mol. The number of nitrogens with zero attached hydrogens (tertiary/aromatic N) is 2. The molecule has 7 heteroatoms. The number of rotatable bonds is 1. The molecule has 0 atom stereocenters. The van der Waals surface area contributed by atoms with Crippen LogP contribution in [0.15, 0.2) is 29.3 Å². The van der Waals surface area contributed by atoms with Gasteiger partial charge in [-0.25, -0.2) is 4.98 Å². The van der Waals surface area contributed by atoms with Gasteiger partial charge in [0.25, 0.3) is 5.56 Å². The number of aromatic nitrogens is 5. The Morgan fingerprint density at radius 1 is 1.12 bits per heavy atom. The Kier molecular flexibility index (Phi) is 2.12. The highest BCUT2D eigenvalue weighted by Crippen LogP contribution is 2.15. The molecule has 0 unspecified atom stereocenters. The van der Waals surface area contributed by atoms with Crippen LogP contribution >= 0.6 is 12.2 Å². The Labute approximate surface area is 99.8 Å². The summed E-state index contributed by atoms with van der Waals surface area (Å²) < 4.78 is 0.260. The van der Waals surface area contributed by atoms with E-state index in [1.54, 1.807) is 24.5 Å². The first-order valence-corrected chi connectivity index (χ1v) is 5.27. The van der Waals surface area contributed by atoms with Crippen LogP contribution in [-0.4, -0.2) is 24.9 Å². The molecule has 0 radical (unpaired) electrons. The van der Waals surface area contributed by atoms with Crippen LogP contribution in [0.2, 0.25) is 0 Å². The van der Waals surface area contributed by atoms with Crippen LogP contribution in [0, 0.1) is 4.77 Å². The van der Waals surface area contributed by atoms with E-state index in [1.165, 1.54) is 0 Å². The second kappa shape index (κ2) is 3.63. The van der Waals surface area contributed by atoms with Crippen LogP contribution < -0.4 is 5.56 Å². The van der Waals surface area contributed by atoms with E-state index >= 15 is 0 Å². The lowest BCUT2D eigenvalue weighted by molar-refractivity contribution is 1.12. The van der Waals surface area contributed by atoms with Gasteiger partial charge in [0.15, 0.2) is 10.4 Å². The molecule has 0 saturated heterocycles. The highest BCUT2D eigenvalue weighted by Gasteiger charge is 2.07. The maximum absolute atomic E-state index is 11.6. The number of fused-ring (bicyclic) bond motifs is 1. The molecule has 0 aromatic carbocycles. The lowest BCUT2D eigenvalue weighted by Crippen LogP contribution is -2.07. The molecule has 0 spiro atoms. The Morgan fingerprint density at radius 3 is 2.65 bits per heavy atom. The number of aromatic amines is 3. The lowest BCUT2D eigenvalue weighted by atomic mass is 10.3. The van der Waals surface area contributed by atoms with E-state index in [1.807, 2.05) is 0 Å². The molecule has 3 N–H and O–H groups in total. The summed E-state index contributed by atoms with van der Waals surface area (Å²) in [6.07, 6.45) is 3.32. The summed E-state index contributed by atoms with van der Waals surface area (Å²) in [5.74, 6) is 0.602. The van der Waals surface area contributed by atoms with Gasteiger partial charge in [-0.3, -0.25) is 14.8 Å². The van der Waals surface area contributed by atoms with Crippen molar-refractivity contribution in [3.8, 4) is 11.4 Å². The smallest absolute Gasteiger partial charge is 0.277 e. The van der Waals surface area contributed by atoms with Crippen molar-refractivity contribution in [3.05, 3.63) is 39.7 Å². The van der Waals surface area contributed by atoms with Crippen LogP contribution in [0.25, 0.3) is 22.6 Å². The molecule has 0 aliphatic rings. The Bertz CT molecular complexity index is 786. The molecule has 84 valence electrons. The van der Waals surface area contributed by atoms with Crippen molar-refractivity contribution in [2.45, 2.75) is 0 Å². The van der Waals surface area contributed by atoms with E-state index in [-0.39, 0.29) is 10.3 Å². The van der Waals surface area contributed by atoms with Crippen molar-refractivity contribution < 1.29 is 0 Å². The molecular formula is C10H7N5OS. The fourth-order valence-electron chi connectivity index (χ4n) is 1.58. The average Bonchev–Trinajstić information content (AvgIpc) is 2.74. The summed E-state index contributed by atoms with van der Waals surface area (Å²) in [6, 6.07) is 3.61. The first-order valence-electron chi connectivity index (χ1n) is 4.87. The fraction of sp³-hybridized carbons (Fsp3) is 0. The molecule has 3 rings (SSSR count). The predicted molar refractivity (Wildman–Crippen MR) is 65.1 cm³/mol. The van der Waals surface area contributed by atoms with Gasteiger partial charge in [-0.05, 0) is 24.4 Å². The van der Waals surface area contributed by atoms with Gasteiger partial charge in [-0.15, -0.1) is 0 Å². The van der Waals surface area contributed by atoms with Gasteiger partial charge in [0.05, 0.1) is 0 Å². The second-order valence-electron chi connectivity index (χ2n) is 3.45. The molecule has 0 saturated carbocycles. The SMILES string of the molecule is O=c1[nH]c(=S)[nH]c2nc(-c3ccncc3)[nH]c12. The van der Waals surface area contributed by atoms with Gasteiger partial charge in [0, 0.05) is 18.0 Å². The molecule has 0 fully saturated rings. The fourth-order valence-corrected chi connectivity index (χ4v) is 1.77. The van der Waals surface area contributed by atoms with E-state index in [4.69, 9.17) is 12.2 Å². The molecule has 3 aromatic heterocycles. The van der Waals surface area contributed by atoms with E-state index in [0.29, 0.717) is 17.0 Å². The van der Waals surface area contributed by atoms with Gasteiger partial charge in [0.2, 0.25) is 0 Å². The molecule has 0 amide bonds. The zero-order chi connectivity index (χ0) is 11.8. The van der Waals surface area contributed by atoms with Crippen molar-refractivity contribution in [1.29, 1.82) is 0 Å². The van der Waals surface area contributed by atoms with Crippen LogP contribution in [0.5, 0.6) is 0 Å². The molecule has 0 bridgehead atoms. The molecule has 3 heterocycles. The highest BCUT2D eigenvalue weighted by molar-refractivity contribution is 7.71. The summed E-state index contributed by atoms with van der Waals surface area (Å²) in [5.41, 5.74) is 1.41. The minimum Gasteiger partial charge on any atom is -0.332 e. The molecule has 17 heavy (non-hydrogen) atoms. The highest BCUT2D eigenvalue weighted by atomic mass is 32.1. The van der Waals surface area contributed by atoms with E-state index in [0.717, 1.165) is 5.56 Å². The Hall–Kier alpha value is -2.28. The van der Waals surface area contributed by atoms with Crippen molar-refractivity contribution in [1.82, 2.24) is 24.9 Å².